The number of aromatic nitrogens is 1. The van der Waals surface area contributed by atoms with Gasteiger partial charge in [-0.15, -0.1) is 11.3 Å². The molecule has 0 saturated carbocycles. The number of carbonyl (C=O) groups excluding carboxylic acids is 4. The molecule has 38 heavy (non-hydrogen) atoms. The monoisotopic (exact) mass is 536 g/mol. The highest BCUT2D eigenvalue weighted by molar-refractivity contribution is 7.14. The summed E-state index contributed by atoms with van der Waals surface area (Å²) < 4.78 is 4.67. The predicted molar refractivity (Wildman–Crippen MR) is 136 cm³/mol. The first kappa shape index (κ1) is 25.4. The van der Waals surface area contributed by atoms with Crippen molar-refractivity contribution in [1.29, 1.82) is 0 Å². The number of nitrogens with one attached hydrogen (secondary N) is 2. The van der Waals surface area contributed by atoms with Crippen LogP contribution in [0.4, 0.5) is 9.93 Å². The molecule has 5 rings (SSSR count). The number of ether oxygens (including phenoxy) is 1. The lowest BCUT2D eigenvalue weighted by Gasteiger charge is -2.29. The molecule has 2 aromatic carbocycles. The van der Waals surface area contributed by atoms with Gasteiger partial charge in [0.05, 0.1) is 13.7 Å². The van der Waals surface area contributed by atoms with Gasteiger partial charge >= 0.3 is 12.0 Å². The van der Waals surface area contributed by atoms with E-state index in [-0.39, 0.29) is 10.8 Å². The first-order valence-corrected chi connectivity index (χ1v) is 12.7. The molecule has 1 fully saturated rings. The van der Waals surface area contributed by atoms with Crippen molar-refractivity contribution in [3.63, 3.8) is 0 Å². The van der Waals surface area contributed by atoms with Gasteiger partial charge in [0, 0.05) is 23.3 Å². The van der Waals surface area contributed by atoms with E-state index in [0.29, 0.717) is 24.3 Å². The molecule has 2 aliphatic heterocycles. The summed E-state index contributed by atoms with van der Waals surface area (Å²) in [5.74, 6) is -1.82. The number of anilines is 1. The smallest absolute Gasteiger partial charge is 0.357 e. The Morgan fingerprint density at radius 1 is 1.21 bits per heavy atom. The quantitative estimate of drug-likeness (QED) is 0.267. The van der Waals surface area contributed by atoms with Gasteiger partial charge in [-0.05, 0) is 23.3 Å². The first-order chi connectivity index (χ1) is 18.4. The summed E-state index contributed by atoms with van der Waals surface area (Å²) in [6.45, 7) is 2.14. The van der Waals surface area contributed by atoms with Gasteiger partial charge in [0.25, 0.3) is 5.91 Å². The Balaban J connectivity index is 1.45. The summed E-state index contributed by atoms with van der Waals surface area (Å²) in [5, 5.41) is 6.97. The maximum Gasteiger partial charge on any atom is 0.357 e. The van der Waals surface area contributed by atoms with Gasteiger partial charge in [-0.3, -0.25) is 9.59 Å². The van der Waals surface area contributed by atoms with E-state index in [0.717, 1.165) is 27.4 Å². The molecule has 2 aliphatic rings. The number of imide groups is 1. The molecule has 0 aliphatic carbocycles. The van der Waals surface area contributed by atoms with Crippen molar-refractivity contribution in [3.05, 3.63) is 76.3 Å². The van der Waals surface area contributed by atoms with Gasteiger partial charge in [-0.1, -0.05) is 43.3 Å². The fraction of sp³-hybridized carbons (Fsp3) is 0.269. The van der Waals surface area contributed by atoms with Crippen LogP contribution in [0.15, 0.2) is 53.9 Å². The highest BCUT2D eigenvalue weighted by atomic mass is 32.1. The Morgan fingerprint density at radius 3 is 2.76 bits per heavy atom. The number of hydrogen-bond donors (Lipinski definition) is 2. The molecule has 1 saturated heterocycles. The molecular weight excluding hydrogens is 512 g/mol. The SMILES string of the molecule is COC(=O)c1csc(NC(=O)[C@H]([C@@H](C)c2ccccc2)N2C(=O)N[C@H](c3ccc4c(c3)CCOO4)C2=O)n1. The van der Waals surface area contributed by atoms with Crippen molar-refractivity contribution < 1.29 is 33.7 Å². The lowest BCUT2D eigenvalue weighted by molar-refractivity contribution is -0.215. The van der Waals surface area contributed by atoms with Crippen LogP contribution in [0.1, 0.15) is 46.1 Å². The predicted octanol–water partition coefficient (Wildman–Crippen LogP) is 3.20. The van der Waals surface area contributed by atoms with Gasteiger partial charge in [-0.25, -0.2) is 19.5 Å². The maximum atomic E-state index is 13.7. The van der Waals surface area contributed by atoms with Crippen molar-refractivity contribution in [1.82, 2.24) is 15.2 Å². The Kier molecular flexibility index (Phi) is 7.07. The zero-order valence-corrected chi connectivity index (χ0v) is 21.3. The summed E-state index contributed by atoms with van der Waals surface area (Å²) in [6, 6.07) is 11.4. The second kappa shape index (κ2) is 10.6. The van der Waals surface area contributed by atoms with Crippen LogP contribution in [0.3, 0.4) is 0 Å². The highest BCUT2D eigenvalue weighted by Gasteiger charge is 2.47. The first-order valence-electron chi connectivity index (χ1n) is 11.8. The zero-order valence-electron chi connectivity index (χ0n) is 20.5. The molecule has 3 atom stereocenters. The summed E-state index contributed by atoms with van der Waals surface area (Å²) in [7, 11) is 1.23. The number of urea groups is 1. The van der Waals surface area contributed by atoms with Crippen LogP contribution < -0.4 is 15.5 Å². The number of nitrogens with zero attached hydrogens (tertiary/aromatic N) is 2. The summed E-state index contributed by atoms with van der Waals surface area (Å²) in [6.07, 6.45) is 0.596. The van der Waals surface area contributed by atoms with Crippen LogP contribution in [0, 0.1) is 0 Å². The van der Waals surface area contributed by atoms with Gasteiger partial charge in [-0.2, -0.15) is 4.89 Å². The molecule has 3 heterocycles. The van der Waals surface area contributed by atoms with Crippen LogP contribution in [-0.4, -0.2) is 53.5 Å². The number of hydrogen-bond acceptors (Lipinski definition) is 9. The Labute approximate surface area is 221 Å². The van der Waals surface area contributed by atoms with Crippen molar-refractivity contribution >= 4 is 40.3 Å². The Hall–Kier alpha value is -4.29. The molecule has 0 bridgehead atoms. The number of methoxy groups -OCH3 is 1. The second-order valence-corrected chi connectivity index (χ2v) is 9.63. The molecule has 0 spiro atoms. The van der Waals surface area contributed by atoms with E-state index < -0.39 is 41.8 Å². The average molecular weight is 537 g/mol. The normalized spacial score (nSPS) is 18.2. The van der Waals surface area contributed by atoms with Crippen LogP contribution in [0.2, 0.25) is 0 Å². The molecule has 4 amide bonds. The Morgan fingerprint density at radius 2 is 2.00 bits per heavy atom. The summed E-state index contributed by atoms with van der Waals surface area (Å²) >= 11 is 1.03. The van der Waals surface area contributed by atoms with Crippen molar-refractivity contribution in [2.75, 3.05) is 19.0 Å². The van der Waals surface area contributed by atoms with E-state index in [4.69, 9.17) is 9.78 Å². The second-order valence-electron chi connectivity index (χ2n) is 8.78. The molecule has 12 heteroatoms. The molecule has 196 valence electrons. The third kappa shape index (κ3) is 4.83. The number of amides is 4. The number of fused-ring (bicyclic) bond motifs is 1. The third-order valence-corrected chi connectivity index (χ3v) is 7.22. The minimum Gasteiger partial charge on any atom is -0.464 e. The largest absolute Gasteiger partial charge is 0.464 e. The Bertz CT molecular complexity index is 1390. The standard InChI is InChI=1S/C26H24N4O7S/c1-14(15-6-4-3-5-7-15)21(22(31)29-25-27-18(13-38-25)24(33)35-2)30-23(32)20(28-26(30)34)17-8-9-19-16(12-17)10-11-36-37-19/h3-9,12-14,20-21H,10-11H2,1-2H3,(H,28,34)(H,27,29,31)/t14-,20+,21-/m0/s1. The average Bonchev–Trinajstić information content (AvgIpc) is 3.52. The highest BCUT2D eigenvalue weighted by Crippen LogP contribution is 2.33. The number of thiazole rings is 1. The number of benzene rings is 2. The van der Waals surface area contributed by atoms with Gasteiger partial charge in [0.15, 0.2) is 16.6 Å². The summed E-state index contributed by atoms with van der Waals surface area (Å²) in [5.41, 5.74) is 2.23. The molecule has 1 aromatic heterocycles. The van der Waals surface area contributed by atoms with Gasteiger partial charge in [0.2, 0.25) is 5.91 Å². The van der Waals surface area contributed by atoms with E-state index in [1.807, 2.05) is 30.3 Å². The number of carbonyl (C=O) groups is 4. The van der Waals surface area contributed by atoms with Crippen LogP contribution in [0.5, 0.6) is 5.75 Å². The van der Waals surface area contributed by atoms with Gasteiger partial charge < -0.3 is 20.3 Å². The lowest BCUT2D eigenvalue weighted by Crippen LogP contribution is -2.50. The van der Waals surface area contributed by atoms with Crippen molar-refractivity contribution in [3.8, 4) is 5.75 Å². The van der Waals surface area contributed by atoms with Crippen molar-refractivity contribution in [2.45, 2.75) is 31.3 Å². The molecule has 0 unspecified atom stereocenters. The minimum atomic E-state index is -1.20. The topological polar surface area (TPSA) is 136 Å². The van der Waals surface area contributed by atoms with E-state index in [1.54, 1.807) is 25.1 Å². The molecule has 3 aromatic rings. The fourth-order valence-electron chi connectivity index (χ4n) is 4.51. The zero-order chi connectivity index (χ0) is 26.8. The molecule has 11 nitrogen and oxygen atoms in total. The molecule has 2 N–H and O–H groups in total. The minimum absolute atomic E-state index is 0.0392. The number of rotatable bonds is 7. The molecular formula is C26H24N4O7S. The summed E-state index contributed by atoms with van der Waals surface area (Å²) in [4.78, 5) is 67.5. The lowest BCUT2D eigenvalue weighted by atomic mass is 9.91. The molecule has 0 radical (unpaired) electrons. The van der Waals surface area contributed by atoms with E-state index >= 15 is 0 Å². The van der Waals surface area contributed by atoms with Crippen LogP contribution in [0.25, 0.3) is 0 Å². The van der Waals surface area contributed by atoms with Crippen LogP contribution in [-0.2, 0) is 25.6 Å². The van der Waals surface area contributed by atoms with Crippen molar-refractivity contribution in [2.24, 2.45) is 0 Å². The fourth-order valence-corrected chi connectivity index (χ4v) is 5.19. The van der Waals surface area contributed by atoms with E-state index in [1.165, 1.54) is 12.5 Å². The maximum absolute atomic E-state index is 13.7. The van der Waals surface area contributed by atoms with E-state index in [9.17, 15) is 19.2 Å². The number of esters is 1. The van der Waals surface area contributed by atoms with Crippen LogP contribution >= 0.6 is 11.3 Å². The third-order valence-electron chi connectivity index (χ3n) is 6.47. The van der Waals surface area contributed by atoms with E-state index in [2.05, 4.69) is 20.4 Å². The van der Waals surface area contributed by atoms with Gasteiger partial charge in [0.1, 0.15) is 12.1 Å².